The topological polar surface area (TPSA) is 14.3 Å². The molecule has 63 heavy (non-hydrogen) atoms. The summed E-state index contributed by atoms with van der Waals surface area (Å²) in [6, 6.07) is 82.7. The molecular weight excluding hydrogens is 763 g/mol. The van der Waals surface area contributed by atoms with E-state index in [4.69, 9.17) is 0 Å². The Hall–Kier alpha value is -8.40. The van der Waals surface area contributed by atoms with Crippen molar-refractivity contribution in [3.63, 3.8) is 0 Å². The van der Waals surface area contributed by atoms with Gasteiger partial charge in [0.1, 0.15) is 0 Å². The molecule has 14 aromatic rings. The average Bonchev–Trinajstić information content (AvgIpc) is 4.08. The fourth-order valence-electron chi connectivity index (χ4n) is 10.7. The molecule has 0 fully saturated rings. The maximum Gasteiger partial charge on any atom is 0.0620 e. The van der Waals surface area contributed by atoms with E-state index in [2.05, 4.69) is 238 Å². The SMILES string of the molecule is c1ccc(-n2c3ccccc3c3cc(-c4cccc(-c5ccc6c(c5)c5cc(-c7ccc8c9cccc%10c%11ccccc%11n(c8c7)c%109)ccc5n6-c5ccccc5)c4)ccc32)cc1. The Labute approximate surface area is 362 Å². The second kappa shape index (κ2) is 13.1. The van der Waals surface area contributed by atoms with Crippen LogP contribution in [-0.4, -0.2) is 13.5 Å². The lowest BCUT2D eigenvalue weighted by atomic mass is 9.96. The normalized spacial score (nSPS) is 12.1. The molecule has 292 valence electrons. The third kappa shape index (κ3) is 4.96. The lowest BCUT2D eigenvalue weighted by Crippen LogP contribution is -1.93. The summed E-state index contributed by atoms with van der Waals surface area (Å²) in [6.07, 6.45) is 0. The average molecular weight is 800 g/mol. The summed E-state index contributed by atoms with van der Waals surface area (Å²) in [7, 11) is 0. The molecule has 4 aromatic heterocycles. The molecule has 3 heteroatoms. The van der Waals surface area contributed by atoms with E-state index in [0.717, 1.165) is 5.69 Å². The molecule has 0 aliphatic heterocycles. The van der Waals surface area contributed by atoms with Crippen LogP contribution in [-0.2, 0) is 0 Å². The Bertz CT molecular complexity index is 4130. The lowest BCUT2D eigenvalue weighted by molar-refractivity contribution is 1.18. The fraction of sp³-hybridized carbons (Fsp3) is 0. The van der Waals surface area contributed by atoms with Crippen molar-refractivity contribution in [3.8, 4) is 44.8 Å². The van der Waals surface area contributed by atoms with Crippen LogP contribution >= 0.6 is 0 Å². The van der Waals surface area contributed by atoms with Crippen LogP contribution < -0.4 is 0 Å². The molecule has 3 nitrogen and oxygen atoms in total. The molecule has 0 bridgehead atoms. The highest BCUT2D eigenvalue weighted by Crippen LogP contribution is 2.42. The van der Waals surface area contributed by atoms with Crippen LogP contribution in [0.5, 0.6) is 0 Å². The summed E-state index contributed by atoms with van der Waals surface area (Å²) in [5.74, 6) is 0. The van der Waals surface area contributed by atoms with Gasteiger partial charge in [-0.25, -0.2) is 0 Å². The van der Waals surface area contributed by atoms with Gasteiger partial charge in [0.05, 0.1) is 38.6 Å². The summed E-state index contributed by atoms with van der Waals surface area (Å²) in [5, 5.41) is 10.2. The molecular formula is C60H37N3. The quantitative estimate of drug-likeness (QED) is 0.165. The first-order valence-electron chi connectivity index (χ1n) is 21.8. The van der Waals surface area contributed by atoms with Gasteiger partial charge in [0.2, 0.25) is 0 Å². The first-order valence-corrected chi connectivity index (χ1v) is 21.8. The van der Waals surface area contributed by atoms with Gasteiger partial charge in [-0.2, -0.15) is 0 Å². The van der Waals surface area contributed by atoms with E-state index in [9.17, 15) is 0 Å². The Morgan fingerprint density at radius 3 is 1.16 bits per heavy atom. The lowest BCUT2D eigenvalue weighted by Gasteiger charge is -2.10. The second-order valence-corrected chi connectivity index (χ2v) is 16.9. The van der Waals surface area contributed by atoms with Crippen LogP contribution in [0, 0.1) is 0 Å². The number of hydrogen-bond acceptors (Lipinski definition) is 0. The van der Waals surface area contributed by atoms with Crippen LogP contribution in [0.25, 0.3) is 126 Å². The summed E-state index contributed by atoms with van der Waals surface area (Å²) in [5.41, 5.74) is 18.2. The molecule has 0 aliphatic carbocycles. The number of rotatable bonds is 5. The summed E-state index contributed by atoms with van der Waals surface area (Å²) in [6.45, 7) is 0. The minimum atomic E-state index is 1.16. The van der Waals surface area contributed by atoms with Gasteiger partial charge in [-0.15, -0.1) is 0 Å². The van der Waals surface area contributed by atoms with E-state index in [-0.39, 0.29) is 0 Å². The zero-order valence-corrected chi connectivity index (χ0v) is 34.2. The van der Waals surface area contributed by atoms with Gasteiger partial charge in [0, 0.05) is 54.5 Å². The molecule has 0 aliphatic rings. The van der Waals surface area contributed by atoms with Crippen molar-refractivity contribution in [3.05, 3.63) is 224 Å². The number of para-hydroxylation sites is 5. The van der Waals surface area contributed by atoms with Gasteiger partial charge in [-0.3, -0.25) is 0 Å². The fourth-order valence-corrected chi connectivity index (χ4v) is 10.7. The number of fused-ring (bicyclic) bond motifs is 12. The minimum Gasteiger partial charge on any atom is -0.309 e. The van der Waals surface area contributed by atoms with Crippen molar-refractivity contribution in [1.29, 1.82) is 0 Å². The van der Waals surface area contributed by atoms with Gasteiger partial charge in [-0.1, -0.05) is 140 Å². The molecule has 0 saturated carbocycles. The summed E-state index contributed by atoms with van der Waals surface area (Å²) >= 11 is 0. The largest absolute Gasteiger partial charge is 0.309 e. The predicted octanol–water partition coefficient (Wildman–Crippen LogP) is 16.0. The van der Waals surface area contributed by atoms with E-state index < -0.39 is 0 Å². The number of aromatic nitrogens is 3. The highest BCUT2D eigenvalue weighted by molar-refractivity contribution is 6.23. The Kier molecular flexibility index (Phi) is 7.11. The third-order valence-electron chi connectivity index (χ3n) is 13.6. The van der Waals surface area contributed by atoms with Crippen LogP contribution in [0.15, 0.2) is 224 Å². The van der Waals surface area contributed by atoms with Gasteiger partial charge in [0.25, 0.3) is 0 Å². The van der Waals surface area contributed by atoms with Gasteiger partial charge >= 0.3 is 0 Å². The van der Waals surface area contributed by atoms with E-state index >= 15 is 0 Å². The molecule has 14 rings (SSSR count). The van der Waals surface area contributed by atoms with Crippen LogP contribution in [0.2, 0.25) is 0 Å². The molecule has 0 radical (unpaired) electrons. The van der Waals surface area contributed by atoms with Crippen LogP contribution in [0.3, 0.4) is 0 Å². The number of benzene rings is 10. The number of hydrogen-bond donors (Lipinski definition) is 0. The Morgan fingerprint density at radius 1 is 0.206 bits per heavy atom. The van der Waals surface area contributed by atoms with Crippen molar-refractivity contribution >= 4 is 81.7 Å². The molecule has 0 N–H and O–H groups in total. The van der Waals surface area contributed by atoms with Gasteiger partial charge in [-0.05, 0) is 118 Å². The standard InChI is InChI=1S/C60H37N3/c1-3-15-44(16-4-1)61-54-23-9-8-20-47(54)51-34-40(26-30-56(51)61)38-13-11-14-39(33-38)41-27-31-57-52(35-41)53-36-42(28-32-58(53)62(57)45-17-5-2-6-18-45)43-25-29-48-50-22-12-21-49-46-19-7-10-24-55(46)63(60(49)50)59(48)37-43/h1-37H. The molecule has 0 amide bonds. The Balaban J connectivity index is 0.922. The van der Waals surface area contributed by atoms with Crippen molar-refractivity contribution < 1.29 is 0 Å². The van der Waals surface area contributed by atoms with Crippen LogP contribution in [0.1, 0.15) is 0 Å². The van der Waals surface area contributed by atoms with Crippen molar-refractivity contribution in [2.45, 2.75) is 0 Å². The zero-order chi connectivity index (χ0) is 41.2. The first kappa shape index (κ1) is 34.3. The minimum absolute atomic E-state index is 1.16. The molecule has 0 saturated heterocycles. The van der Waals surface area contributed by atoms with Crippen molar-refractivity contribution in [2.75, 3.05) is 0 Å². The maximum atomic E-state index is 2.47. The third-order valence-corrected chi connectivity index (χ3v) is 13.6. The molecule has 4 heterocycles. The second-order valence-electron chi connectivity index (χ2n) is 16.9. The van der Waals surface area contributed by atoms with Crippen LogP contribution in [0.4, 0.5) is 0 Å². The Morgan fingerprint density at radius 2 is 0.587 bits per heavy atom. The van der Waals surface area contributed by atoms with E-state index in [0.29, 0.717) is 0 Å². The predicted molar refractivity (Wildman–Crippen MR) is 266 cm³/mol. The van der Waals surface area contributed by atoms with Crippen molar-refractivity contribution in [2.24, 2.45) is 0 Å². The number of nitrogens with zero attached hydrogens (tertiary/aromatic N) is 3. The van der Waals surface area contributed by atoms with Gasteiger partial charge < -0.3 is 13.5 Å². The highest BCUT2D eigenvalue weighted by atomic mass is 15.0. The molecule has 0 spiro atoms. The van der Waals surface area contributed by atoms with E-state index in [1.165, 1.54) is 121 Å². The summed E-state index contributed by atoms with van der Waals surface area (Å²) in [4.78, 5) is 0. The highest BCUT2D eigenvalue weighted by Gasteiger charge is 2.19. The molecule has 0 unspecified atom stereocenters. The van der Waals surface area contributed by atoms with E-state index in [1.807, 2.05) is 0 Å². The maximum absolute atomic E-state index is 2.47. The first-order chi connectivity index (χ1) is 31.2. The zero-order valence-electron chi connectivity index (χ0n) is 34.2. The summed E-state index contributed by atoms with van der Waals surface area (Å²) < 4.78 is 7.26. The van der Waals surface area contributed by atoms with Gasteiger partial charge in [0.15, 0.2) is 0 Å². The van der Waals surface area contributed by atoms with Crippen molar-refractivity contribution in [1.82, 2.24) is 13.5 Å². The van der Waals surface area contributed by atoms with E-state index in [1.54, 1.807) is 0 Å². The monoisotopic (exact) mass is 799 g/mol. The smallest absolute Gasteiger partial charge is 0.0620 e. The molecule has 10 aromatic carbocycles. The molecule has 0 atom stereocenters.